The molecule has 3 rings (SSSR count). The van der Waals surface area contributed by atoms with Crippen LogP contribution in [0.5, 0.6) is 0 Å². The van der Waals surface area contributed by atoms with Crippen molar-refractivity contribution in [3.63, 3.8) is 0 Å². The second-order valence-electron chi connectivity index (χ2n) is 5.10. The highest BCUT2D eigenvalue weighted by Crippen LogP contribution is 1.95. The first-order valence-corrected chi connectivity index (χ1v) is 11.5. The van der Waals surface area contributed by atoms with Crippen LogP contribution in [0.15, 0.2) is 73.4 Å². The Morgan fingerprint density at radius 3 is 1.33 bits per heavy atom. The fourth-order valence-corrected chi connectivity index (χ4v) is 1.83. The zero-order valence-corrected chi connectivity index (χ0v) is 20.9. The first-order chi connectivity index (χ1) is 14.8. The minimum absolute atomic E-state index is 0. The Morgan fingerprint density at radius 2 is 1.06 bits per heavy atom. The predicted molar refractivity (Wildman–Crippen MR) is 155 cm³/mol. The maximum Gasteiger partial charge on any atom is 0.0400 e. The Bertz CT molecular complexity index is 533. The lowest BCUT2D eigenvalue weighted by atomic mass is 10.2. The molecule has 3 aromatic heterocycles. The summed E-state index contributed by atoms with van der Waals surface area (Å²) in [5, 5.41) is 0. The third-order valence-electron chi connectivity index (χ3n) is 3.38. The van der Waals surface area contributed by atoms with E-state index in [0.717, 1.165) is 25.0 Å². The van der Waals surface area contributed by atoms with E-state index in [2.05, 4.69) is 41.8 Å². The molecule has 0 fully saturated rings. The molecule has 3 nitrogen and oxygen atoms in total. The molecule has 0 aromatic carbocycles. The number of aromatic nitrogens is 3. The number of hydrogen-bond donors (Lipinski definition) is 0. The molecule has 0 radical (unpaired) electrons. The molecule has 0 spiro atoms. The normalized spacial score (nSPS) is 7.18. The maximum absolute atomic E-state index is 4.10. The van der Waals surface area contributed by atoms with Gasteiger partial charge in [-0.15, -0.1) is 0 Å². The van der Waals surface area contributed by atoms with Gasteiger partial charge in [-0.3, -0.25) is 15.0 Å². The van der Waals surface area contributed by atoms with Gasteiger partial charge in [0.2, 0.25) is 0 Å². The van der Waals surface area contributed by atoms with Crippen LogP contribution < -0.4 is 0 Å². The Balaban J connectivity index is -0.0000000713. The average molecular weight is 460 g/mol. The number of pyridine rings is 3. The van der Waals surface area contributed by atoms with E-state index in [9.17, 15) is 0 Å². The SMILES string of the molecule is C.C.C.CC.CC.CC.CCc1ccccn1.CCc1cccnc1.CCc1ccncc1. The molecule has 192 valence electrons. The molecule has 0 amide bonds. The van der Waals surface area contributed by atoms with Gasteiger partial charge in [-0.1, -0.05) is 96.7 Å². The van der Waals surface area contributed by atoms with Crippen LogP contribution >= 0.6 is 0 Å². The largest absolute Gasteiger partial charge is 0.265 e. The van der Waals surface area contributed by atoms with Gasteiger partial charge >= 0.3 is 0 Å². The first kappa shape index (κ1) is 44.2. The molecule has 3 heteroatoms. The summed E-state index contributed by atoms with van der Waals surface area (Å²) in [5.41, 5.74) is 3.81. The van der Waals surface area contributed by atoms with E-state index in [1.165, 1.54) is 11.1 Å². The molecule has 33 heavy (non-hydrogen) atoms. The lowest BCUT2D eigenvalue weighted by Gasteiger charge is -1.89. The molecular weight excluding hydrogens is 402 g/mol. The van der Waals surface area contributed by atoms with Crippen molar-refractivity contribution in [1.29, 1.82) is 0 Å². The van der Waals surface area contributed by atoms with Crippen LogP contribution in [0.2, 0.25) is 0 Å². The van der Waals surface area contributed by atoms with Gasteiger partial charge in [-0.2, -0.15) is 0 Å². The molecule has 0 N–H and O–H groups in total. The summed E-state index contributed by atoms with van der Waals surface area (Å²) in [6.45, 7) is 18.4. The van der Waals surface area contributed by atoms with Crippen molar-refractivity contribution < 1.29 is 0 Å². The van der Waals surface area contributed by atoms with Crippen LogP contribution in [-0.4, -0.2) is 15.0 Å². The average Bonchev–Trinajstić information content (AvgIpc) is 2.90. The third kappa shape index (κ3) is 29.4. The molecule has 0 saturated carbocycles. The summed E-state index contributed by atoms with van der Waals surface area (Å²) in [7, 11) is 0. The summed E-state index contributed by atoms with van der Waals surface area (Å²) in [6, 6.07) is 14.1. The van der Waals surface area contributed by atoms with Crippen LogP contribution in [0.25, 0.3) is 0 Å². The Hall–Kier alpha value is -2.55. The third-order valence-corrected chi connectivity index (χ3v) is 3.38. The minimum atomic E-state index is 0. The topological polar surface area (TPSA) is 38.7 Å². The van der Waals surface area contributed by atoms with Gasteiger partial charge in [-0.25, -0.2) is 0 Å². The molecule has 0 unspecified atom stereocenters. The summed E-state index contributed by atoms with van der Waals surface area (Å²) >= 11 is 0. The molecule has 0 saturated heterocycles. The van der Waals surface area contributed by atoms with Gasteiger partial charge in [0.15, 0.2) is 0 Å². The second-order valence-corrected chi connectivity index (χ2v) is 5.10. The summed E-state index contributed by atoms with van der Waals surface area (Å²) in [5.74, 6) is 0. The van der Waals surface area contributed by atoms with Crippen molar-refractivity contribution in [3.8, 4) is 0 Å². The van der Waals surface area contributed by atoms with E-state index >= 15 is 0 Å². The Labute approximate surface area is 209 Å². The Kier molecular flexibility index (Phi) is 53.4. The molecule has 0 atom stereocenters. The van der Waals surface area contributed by atoms with Gasteiger partial charge in [0, 0.05) is 36.7 Å². The molecule has 0 aliphatic rings. The molecule has 3 aromatic rings. The van der Waals surface area contributed by atoms with Gasteiger partial charge in [0.05, 0.1) is 0 Å². The quantitative estimate of drug-likeness (QED) is 0.391. The van der Waals surface area contributed by atoms with E-state index < -0.39 is 0 Å². The fourth-order valence-electron chi connectivity index (χ4n) is 1.83. The van der Waals surface area contributed by atoms with E-state index in [1.807, 2.05) is 103 Å². The van der Waals surface area contributed by atoms with Crippen molar-refractivity contribution in [2.45, 2.75) is 104 Å². The van der Waals surface area contributed by atoms with Crippen molar-refractivity contribution in [1.82, 2.24) is 15.0 Å². The summed E-state index contributed by atoms with van der Waals surface area (Å²) in [6.07, 6.45) is 12.3. The standard InChI is InChI=1S/3C7H9N.3C2H6.3CH4/c1-2-7-3-5-8-6-4-7;1-2-7-4-3-5-8-6-7;1-2-7-5-3-4-6-8-7;3*1-2;;;/h3*3-6H,2H2,1H3;3*1-2H3;3*1H4. The molecule has 3 heterocycles. The number of rotatable bonds is 3. The molecular formula is C30H57N3. The van der Waals surface area contributed by atoms with E-state index in [0.29, 0.717) is 0 Å². The fraction of sp³-hybridized carbons (Fsp3) is 0.500. The zero-order chi connectivity index (χ0) is 23.5. The minimum Gasteiger partial charge on any atom is -0.265 e. The maximum atomic E-state index is 4.10. The van der Waals surface area contributed by atoms with Crippen LogP contribution in [0, 0.1) is 0 Å². The highest BCUT2D eigenvalue weighted by atomic mass is 14.7. The Morgan fingerprint density at radius 1 is 0.515 bits per heavy atom. The highest BCUT2D eigenvalue weighted by Gasteiger charge is 1.82. The number of nitrogens with zero attached hydrogens (tertiary/aromatic N) is 3. The van der Waals surface area contributed by atoms with Crippen molar-refractivity contribution in [3.05, 3.63) is 90.3 Å². The monoisotopic (exact) mass is 459 g/mol. The van der Waals surface area contributed by atoms with Crippen LogP contribution in [0.1, 0.15) is 101 Å². The van der Waals surface area contributed by atoms with E-state index in [1.54, 1.807) is 6.20 Å². The molecule has 0 aliphatic heterocycles. The summed E-state index contributed by atoms with van der Waals surface area (Å²) in [4.78, 5) is 11.9. The van der Waals surface area contributed by atoms with Crippen LogP contribution in [0.4, 0.5) is 0 Å². The number of aryl methyl sites for hydroxylation is 3. The number of hydrogen-bond acceptors (Lipinski definition) is 3. The van der Waals surface area contributed by atoms with Crippen LogP contribution in [-0.2, 0) is 19.3 Å². The zero-order valence-electron chi connectivity index (χ0n) is 20.9. The smallest absolute Gasteiger partial charge is 0.0400 e. The lowest BCUT2D eigenvalue weighted by molar-refractivity contribution is 1.04. The second kappa shape index (κ2) is 39.9. The molecule has 0 bridgehead atoms. The van der Waals surface area contributed by atoms with Gasteiger partial charge in [-0.05, 0) is 60.7 Å². The van der Waals surface area contributed by atoms with Gasteiger partial charge in [0.1, 0.15) is 0 Å². The van der Waals surface area contributed by atoms with E-state index in [-0.39, 0.29) is 22.3 Å². The lowest BCUT2D eigenvalue weighted by Crippen LogP contribution is -1.81. The van der Waals surface area contributed by atoms with Crippen molar-refractivity contribution in [2.24, 2.45) is 0 Å². The molecule has 0 aliphatic carbocycles. The first-order valence-electron chi connectivity index (χ1n) is 11.5. The van der Waals surface area contributed by atoms with Crippen LogP contribution in [0.3, 0.4) is 0 Å². The predicted octanol–water partition coefficient (Wildman–Crippen LogP) is 9.92. The van der Waals surface area contributed by atoms with E-state index in [4.69, 9.17) is 0 Å². The van der Waals surface area contributed by atoms with Gasteiger partial charge in [0.25, 0.3) is 0 Å². The van der Waals surface area contributed by atoms with Crippen molar-refractivity contribution >= 4 is 0 Å². The summed E-state index contributed by atoms with van der Waals surface area (Å²) < 4.78 is 0. The van der Waals surface area contributed by atoms with Gasteiger partial charge < -0.3 is 0 Å². The highest BCUT2D eigenvalue weighted by molar-refractivity contribution is 5.08. The van der Waals surface area contributed by atoms with Crippen molar-refractivity contribution in [2.75, 3.05) is 0 Å².